The molecular formula is C23H22N2O4S2. The van der Waals surface area contributed by atoms with E-state index in [1.165, 1.54) is 11.8 Å². The van der Waals surface area contributed by atoms with Crippen LogP contribution in [0.2, 0.25) is 0 Å². The summed E-state index contributed by atoms with van der Waals surface area (Å²) in [6.45, 7) is 2.25. The Morgan fingerprint density at radius 3 is 2.65 bits per heavy atom. The van der Waals surface area contributed by atoms with Crippen LogP contribution in [0.25, 0.3) is 10.2 Å². The van der Waals surface area contributed by atoms with Crippen molar-refractivity contribution >= 4 is 45.0 Å². The molecule has 3 heterocycles. The summed E-state index contributed by atoms with van der Waals surface area (Å²) >= 11 is 3.10. The molecule has 1 saturated heterocycles. The number of para-hydroxylation sites is 1. The summed E-state index contributed by atoms with van der Waals surface area (Å²) in [6.07, 6.45) is 1.37. The quantitative estimate of drug-likeness (QED) is 0.423. The van der Waals surface area contributed by atoms with Crippen molar-refractivity contribution in [2.75, 3.05) is 32.1 Å². The van der Waals surface area contributed by atoms with Gasteiger partial charge in [0.25, 0.3) is 0 Å². The number of thioether (sulfide) groups is 1. The molecule has 1 amide bonds. The number of carbonyl (C=O) groups excluding carboxylic acids is 2. The molecule has 8 heteroatoms. The van der Waals surface area contributed by atoms with Gasteiger partial charge in [0.05, 0.1) is 16.0 Å². The molecule has 0 atom stereocenters. The van der Waals surface area contributed by atoms with E-state index in [2.05, 4.69) is 4.98 Å². The molecule has 0 saturated carbocycles. The lowest BCUT2D eigenvalue weighted by Gasteiger charge is -2.31. The number of hydrogen-bond acceptors (Lipinski definition) is 7. The second-order valence-corrected chi connectivity index (χ2v) is 9.87. The van der Waals surface area contributed by atoms with Crippen LogP contribution in [0.4, 0.5) is 0 Å². The highest BCUT2D eigenvalue weighted by Crippen LogP contribution is 2.33. The Hall–Kier alpha value is -2.58. The lowest BCUT2D eigenvalue weighted by atomic mass is 9.88. The summed E-state index contributed by atoms with van der Waals surface area (Å²) in [5.74, 6) is 1.86. The Balaban J connectivity index is 1.14. The van der Waals surface area contributed by atoms with Crippen molar-refractivity contribution < 1.29 is 19.1 Å². The number of hydrogen-bond donors (Lipinski definition) is 0. The van der Waals surface area contributed by atoms with Gasteiger partial charge in [0.15, 0.2) is 21.6 Å². The van der Waals surface area contributed by atoms with Gasteiger partial charge in [-0.3, -0.25) is 9.59 Å². The van der Waals surface area contributed by atoms with Crippen molar-refractivity contribution in [2.24, 2.45) is 5.92 Å². The van der Waals surface area contributed by atoms with E-state index in [0.717, 1.165) is 14.6 Å². The fourth-order valence-corrected chi connectivity index (χ4v) is 5.92. The van der Waals surface area contributed by atoms with Gasteiger partial charge in [0, 0.05) is 24.6 Å². The van der Waals surface area contributed by atoms with Gasteiger partial charge in [-0.05, 0) is 43.2 Å². The summed E-state index contributed by atoms with van der Waals surface area (Å²) in [6, 6.07) is 13.4. The van der Waals surface area contributed by atoms with Crippen LogP contribution in [0.15, 0.2) is 46.8 Å². The maximum Gasteiger partial charge on any atom is 0.233 e. The molecule has 31 heavy (non-hydrogen) atoms. The highest BCUT2D eigenvalue weighted by molar-refractivity contribution is 8.01. The van der Waals surface area contributed by atoms with Gasteiger partial charge in [0.1, 0.15) is 13.2 Å². The van der Waals surface area contributed by atoms with Crippen molar-refractivity contribution in [1.29, 1.82) is 0 Å². The summed E-state index contributed by atoms with van der Waals surface area (Å²) in [4.78, 5) is 32.1. The fraction of sp³-hybridized carbons (Fsp3) is 0.348. The summed E-state index contributed by atoms with van der Waals surface area (Å²) in [5, 5.41) is 0. The minimum atomic E-state index is -0.0662. The summed E-state index contributed by atoms with van der Waals surface area (Å²) < 4.78 is 13.2. The fourth-order valence-electron chi connectivity index (χ4n) is 3.95. The molecule has 2 aromatic carbocycles. The summed E-state index contributed by atoms with van der Waals surface area (Å²) in [7, 11) is 0. The number of carbonyl (C=O) groups is 2. The Kier molecular flexibility index (Phi) is 5.82. The number of Topliss-reactive ketones (excluding diaryl/α,β-unsaturated/α-hetero) is 1. The van der Waals surface area contributed by atoms with Crippen LogP contribution in [-0.4, -0.2) is 53.6 Å². The molecule has 0 N–H and O–H groups in total. The van der Waals surface area contributed by atoms with Gasteiger partial charge in [-0.15, -0.1) is 11.3 Å². The van der Waals surface area contributed by atoms with Gasteiger partial charge >= 0.3 is 0 Å². The largest absolute Gasteiger partial charge is 0.486 e. The van der Waals surface area contributed by atoms with Crippen molar-refractivity contribution in [3.8, 4) is 11.5 Å². The smallest absolute Gasteiger partial charge is 0.233 e. The van der Waals surface area contributed by atoms with Crippen LogP contribution in [0.3, 0.4) is 0 Å². The van der Waals surface area contributed by atoms with Gasteiger partial charge in [-0.2, -0.15) is 0 Å². The first-order chi connectivity index (χ1) is 15.2. The monoisotopic (exact) mass is 454 g/mol. The van der Waals surface area contributed by atoms with Crippen molar-refractivity contribution in [3.63, 3.8) is 0 Å². The first-order valence-electron chi connectivity index (χ1n) is 10.4. The number of benzene rings is 2. The maximum atomic E-state index is 12.9. The number of likely N-dealkylation sites (tertiary alicyclic amines) is 1. The van der Waals surface area contributed by atoms with Gasteiger partial charge in [0.2, 0.25) is 5.91 Å². The van der Waals surface area contributed by atoms with E-state index in [0.29, 0.717) is 62.0 Å². The Bertz CT molecular complexity index is 1090. The normalized spacial score (nSPS) is 16.5. The number of rotatable bonds is 5. The average Bonchev–Trinajstić information content (AvgIpc) is 3.25. The first-order valence-corrected chi connectivity index (χ1v) is 12.2. The minimum Gasteiger partial charge on any atom is -0.486 e. The van der Waals surface area contributed by atoms with Gasteiger partial charge < -0.3 is 14.4 Å². The highest BCUT2D eigenvalue weighted by Gasteiger charge is 2.29. The van der Waals surface area contributed by atoms with Crippen molar-refractivity contribution in [1.82, 2.24) is 9.88 Å². The molecule has 0 aliphatic carbocycles. The Morgan fingerprint density at radius 2 is 1.84 bits per heavy atom. The topological polar surface area (TPSA) is 68.7 Å². The minimum absolute atomic E-state index is 0.0662. The summed E-state index contributed by atoms with van der Waals surface area (Å²) in [5.41, 5.74) is 1.63. The first kappa shape index (κ1) is 20.3. The van der Waals surface area contributed by atoms with Crippen LogP contribution in [0.1, 0.15) is 23.2 Å². The third-order valence-electron chi connectivity index (χ3n) is 5.64. The molecule has 0 spiro atoms. The number of nitrogens with zero attached hydrogens (tertiary/aromatic N) is 2. The van der Waals surface area contributed by atoms with Crippen LogP contribution in [0.5, 0.6) is 11.5 Å². The SMILES string of the molecule is O=C(c1ccc2c(c1)OCCO2)C1CCN(C(=O)CSc2nc3ccccc3s2)CC1. The zero-order valence-corrected chi connectivity index (χ0v) is 18.5. The van der Waals surface area contributed by atoms with Crippen LogP contribution >= 0.6 is 23.1 Å². The van der Waals surface area contributed by atoms with Crippen LogP contribution in [-0.2, 0) is 4.79 Å². The van der Waals surface area contributed by atoms with E-state index in [-0.39, 0.29) is 17.6 Å². The molecule has 0 bridgehead atoms. The van der Waals surface area contributed by atoms with Crippen LogP contribution < -0.4 is 9.47 Å². The van der Waals surface area contributed by atoms with E-state index in [1.807, 2.05) is 35.2 Å². The number of piperidine rings is 1. The second-order valence-electron chi connectivity index (χ2n) is 7.61. The predicted octanol–water partition coefficient (Wildman–Crippen LogP) is 4.28. The van der Waals surface area contributed by atoms with E-state index >= 15 is 0 Å². The van der Waals surface area contributed by atoms with E-state index in [4.69, 9.17) is 9.47 Å². The molecule has 2 aliphatic rings. The highest BCUT2D eigenvalue weighted by atomic mass is 32.2. The lowest BCUT2D eigenvalue weighted by molar-refractivity contribution is -0.129. The molecule has 0 radical (unpaired) electrons. The third kappa shape index (κ3) is 4.41. The number of aromatic nitrogens is 1. The van der Waals surface area contributed by atoms with Gasteiger partial charge in [-0.1, -0.05) is 23.9 Å². The molecule has 6 nitrogen and oxygen atoms in total. The number of ether oxygens (including phenoxy) is 2. The molecule has 2 aliphatic heterocycles. The standard InChI is InChI=1S/C23H22N2O4S2/c26-21(14-30-23-24-17-3-1-2-4-20(17)31-23)25-9-7-15(8-10-25)22(27)16-5-6-18-19(13-16)29-12-11-28-18/h1-6,13,15H,7-12,14H2. The van der Waals surface area contributed by atoms with Crippen molar-refractivity contribution in [3.05, 3.63) is 48.0 Å². The molecular weight excluding hydrogens is 432 g/mol. The van der Waals surface area contributed by atoms with E-state index in [9.17, 15) is 9.59 Å². The number of amides is 1. The molecule has 1 fully saturated rings. The molecule has 3 aromatic rings. The number of thiazole rings is 1. The second kappa shape index (κ2) is 8.88. The number of fused-ring (bicyclic) bond motifs is 2. The maximum absolute atomic E-state index is 12.9. The third-order valence-corrected chi connectivity index (χ3v) is 7.80. The van der Waals surface area contributed by atoms with E-state index < -0.39 is 0 Å². The van der Waals surface area contributed by atoms with Gasteiger partial charge in [-0.25, -0.2) is 4.98 Å². The Morgan fingerprint density at radius 1 is 1.06 bits per heavy atom. The molecule has 5 rings (SSSR count). The van der Waals surface area contributed by atoms with E-state index in [1.54, 1.807) is 23.5 Å². The molecule has 0 unspecified atom stereocenters. The predicted molar refractivity (Wildman–Crippen MR) is 121 cm³/mol. The van der Waals surface area contributed by atoms with Crippen LogP contribution in [0, 0.1) is 5.92 Å². The lowest BCUT2D eigenvalue weighted by Crippen LogP contribution is -2.41. The zero-order chi connectivity index (χ0) is 21.2. The Labute approximate surface area is 188 Å². The average molecular weight is 455 g/mol. The molecule has 1 aromatic heterocycles. The number of ketones is 1. The zero-order valence-electron chi connectivity index (χ0n) is 16.9. The van der Waals surface area contributed by atoms with Crippen molar-refractivity contribution in [2.45, 2.75) is 17.2 Å². The molecule has 160 valence electrons.